The second-order valence-electron chi connectivity index (χ2n) is 4.01. The molecule has 0 aliphatic heterocycles. The predicted molar refractivity (Wildman–Crippen MR) is 72.8 cm³/mol. The summed E-state index contributed by atoms with van der Waals surface area (Å²) in [5.41, 5.74) is 2.34. The van der Waals surface area contributed by atoms with E-state index < -0.39 is 0 Å². The van der Waals surface area contributed by atoms with E-state index >= 15 is 0 Å². The molecule has 3 nitrogen and oxygen atoms in total. The lowest BCUT2D eigenvalue weighted by Crippen LogP contribution is -2.22. The van der Waals surface area contributed by atoms with Gasteiger partial charge in [0.25, 0.3) is 0 Å². The minimum absolute atomic E-state index is 0.133. The van der Waals surface area contributed by atoms with Crippen LogP contribution in [-0.2, 0) is 0 Å². The minimum Gasteiger partial charge on any atom is -0.496 e. The van der Waals surface area contributed by atoms with E-state index in [-0.39, 0.29) is 6.04 Å². The maximum absolute atomic E-state index is 5.44. The van der Waals surface area contributed by atoms with E-state index in [1.54, 1.807) is 7.11 Å². The first-order chi connectivity index (χ1) is 8.86. The van der Waals surface area contributed by atoms with Gasteiger partial charge in [-0.15, -0.1) is 0 Å². The Labute approximate surface area is 108 Å². The number of nitrogens with one attached hydrogen (secondary N) is 1. The highest BCUT2D eigenvalue weighted by molar-refractivity contribution is 5.41. The zero-order valence-electron chi connectivity index (χ0n) is 10.8. The zero-order valence-corrected chi connectivity index (χ0v) is 10.8. The van der Waals surface area contributed by atoms with Gasteiger partial charge in [0.2, 0.25) is 0 Å². The van der Waals surface area contributed by atoms with Crippen LogP contribution in [0.25, 0.3) is 0 Å². The summed E-state index contributed by atoms with van der Waals surface area (Å²) in [6, 6.07) is 12.3. The Kier molecular flexibility index (Phi) is 4.31. The Balaban J connectivity index is 2.41. The van der Waals surface area contributed by atoms with Gasteiger partial charge >= 0.3 is 0 Å². The van der Waals surface area contributed by atoms with E-state index in [9.17, 15) is 0 Å². The average molecular weight is 242 g/mol. The van der Waals surface area contributed by atoms with Crippen molar-refractivity contribution >= 4 is 0 Å². The Morgan fingerprint density at radius 3 is 2.56 bits per heavy atom. The number of rotatable bonds is 5. The fourth-order valence-electron chi connectivity index (χ4n) is 2.07. The molecule has 94 valence electrons. The summed E-state index contributed by atoms with van der Waals surface area (Å²) in [4.78, 5) is 4.07. The van der Waals surface area contributed by atoms with Gasteiger partial charge < -0.3 is 10.1 Å². The first-order valence-electron chi connectivity index (χ1n) is 6.13. The highest BCUT2D eigenvalue weighted by Crippen LogP contribution is 2.29. The van der Waals surface area contributed by atoms with Crippen molar-refractivity contribution in [1.82, 2.24) is 10.3 Å². The number of methoxy groups -OCH3 is 1. The summed E-state index contributed by atoms with van der Waals surface area (Å²) < 4.78 is 5.44. The molecule has 1 aromatic heterocycles. The van der Waals surface area contributed by atoms with Crippen molar-refractivity contribution in [1.29, 1.82) is 0 Å². The third kappa shape index (κ3) is 2.68. The van der Waals surface area contributed by atoms with E-state index in [0.717, 1.165) is 17.9 Å². The molecule has 0 bridgehead atoms. The molecule has 1 heterocycles. The number of benzene rings is 1. The summed E-state index contributed by atoms with van der Waals surface area (Å²) in [6.07, 6.45) is 3.63. The lowest BCUT2D eigenvalue weighted by molar-refractivity contribution is 0.404. The van der Waals surface area contributed by atoms with E-state index in [2.05, 4.69) is 23.3 Å². The van der Waals surface area contributed by atoms with Crippen LogP contribution in [0.15, 0.2) is 48.8 Å². The van der Waals surface area contributed by atoms with Crippen LogP contribution in [0.2, 0.25) is 0 Å². The molecule has 18 heavy (non-hydrogen) atoms. The van der Waals surface area contributed by atoms with Crippen molar-refractivity contribution in [3.8, 4) is 5.75 Å². The molecule has 0 fully saturated rings. The molecule has 1 unspecified atom stereocenters. The number of hydrogen-bond acceptors (Lipinski definition) is 3. The van der Waals surface area contributed by atoms with Crippen LogP contribution in [-0.4, -0.2) is 18.6 Å². The van der Waals surface area contributed by atoms with E-state index in [0.29, 0.717) is 0 Å². The lowest BCUT2D eigenvalue weighted by atomic mass is 9.98. The summed E-state index contributed by atoms with van der Waals surface area (Å²) in [5.74, 6) is 0.903. The van der Waals surface area contributed by atoms with Gasteiger partial charge in [0.1, 0.15) is 5.75 Å². The van der Waals surface area contributed by atoms with E-state index in [4.69, 9.17) is 4.74 Å². The number of hydrogen-bond donors (Lipinski definition) is 1. The lowest BCUT2D eigenvalue weighted by Gasteiger charge is -2.21. The molecule has 0 saturated heterocycles. The van der Waals surface area contributed by atoms with Crippen molar-refractivity contribution in [3.63, 3.8) is 0 Å². The van der Waals surface area contributed by atoms with Crippen molar-refractivity contribution in [2.24, 2.45) is 0 Å². The number of nitrogens with zero attached hydrogens (tertiary/aromatic N) is 1. The molecule has 0 aliphatic rings. The van der Waals surface area contributed by atoms with Gasteiger partial charge in [0, 0.05) is 18.0 Å². The van der Waals surface area contributed by atoms with Gasteiger partial charge in [-0.1, -0.05) is 25.1 Å². The van der Waals surface area contributed by atoms with Gasteiger partial charge in [-0.25, -0.2) is 0 Å². The van der Waals surface area contributed by atoms with E-state index in [1.807, 2.05) is 42.7 Å². The molecule has 0 spiro atoms. The summed E-state index contributed by atoms with van der Waals surface area (Å²) >= 11 is 0. The monoisotopic (exact) mass is 242 g/mol. The molecule has 1 N–H and O–H groups in total. The molecule has 0 radical (unpaired) electrons. The fourth-order valence-corrected chi connectivity index (χ4v) is 2.07. The van der Waals surface area contributed by atoms with Crippen molar-refractivity contribution in [2.75, 3.05) is 13.7 Å². The first-order valence-corrected chi connectivity index (χ1v) is 6.13. The molecule has 2 rings (SSSR count). The Hall–Kier alpha value is -1.87. The zero-order chi connectivity index (χ0) is 12.8. The minimum atomic E-state index is 0.133. The Morgan fingerprint density at radius 1 is 1.17 bits per heavy atom. The molecule has 1 aromatic carbocycles. The Morgan fingerprint density at radius 2 is 1.89 bits per heavy atom. The molecule has 3 heteroatoms. The second kappa shape index (κ2) is 6.17. The van der Waals surface area contributed by atoms with Crippen LogP contribution in [0, 0.1) is 0 Å². The molecule has 0 amide bonds. The maximum atomic E-state index is 5.44. The molecular formula is C15H18N2O. The summed E-state index contributed by atoms with van der Waals surface area (Å²) in [6.45, 7) is 2.99. The van der Waals surface area contributed by atoms with Crippen molar-refractivity contribution in [2.45, 2.75) is 13.0 Å². The van der Waals surface area contributed by atoms with Crippen LogP contribution < -0.4 is 10.1 Å². The van der Waals surface area contributed by atoms with Gasteiger partial charge in [-0.05, 0) is 30.3 Å². The Bertz CT molecular complexity index is 485. The SMILES string of the molecule is CCNC(c1ccncc1)c1ccccc1OC. The smallest absolute Gasteiger partial charge is 0.123 e. The van der Waals surface area contributed by atoms with Crippen LogP contribution in [0.3, 0.4) is 0 Å². The van der Waals surface area contributed by atoms with Gasteiger partial charge in [-0.3, -0.25) is 4.98 Å². The molecular weight excluding hydrogens is 224 g/mol. The maximum Gasteiger partial charge on any atom is 0.123 e. The standard InChI is InChI=1S/C15H18N2O/c1-3-17-15(12-8-10-16-11-9-12)13-6-4-5-7-14(13)18-2/h4-11,15,17H,3H2,1-2H3. The van der Waals surface area contributed by atoms with Crippen LogP contribution in [0.1, 0.15) is 24.1 Å². The van der Waals surface area contributed by atoms with Gasteiger partial charge in [0.15, 0.2) is 0 Å². The number of para-hydroxylation sites is 1. The molecule has 0 aliphatic carbocycles. The van der Waals surface area contributed by atoms with Crippen molar-refractivity contribution < 1.29 is 4.74 Å². The number of ether oxygens (including phenoxy) is 1. The second-order valence-corrected chi connectivity index (χ2v) is 4.01. The third-order valence-electron chi connectivity index (χ3n) is 2.90. The van der Waals surface area contributed by atoms with Gasteiger partial charge in [0.05, 0.1) is 13.2 Å². The van der Waals surface area contributed by atoms with Crippen LogP contribution in [0.5, 0.6) is 5.75 Å². The summed E-state index contributed by atoms with van der Waals surface area (Å²) in [5, 5.41) is 3.48. The molecule has 0 saturated carbocycles. The quantitative estimate of drug-likeness (QED) is 0.875. The molecule has 1 atom stereocenters. The normalized spacial score (nSPS) is 12.1. The van der Waals surface area contributed by atoms with Crippen LogP contribution >= 0.6 is 0 Å². The number of pyridine rings is 1. The van der Waals surface area contributed by atoms with Crippen molar-refractivity contribution in [3.05, 3.63) is 59.9 Å². The third-order valence-corrected chi connectivity index (χ3v) is 2.90. The van der Waals surface area contributed by atoms with Crippen LogP contribution in [0.4, 0.5) is 0 Å². The molecule has 2 aromatic rings. The largest absolute Gasteiger partial charge is 0.496 e. The average Bonchev–Trinajstić information content (AvgIpc) is 2.46. The highest BCUT2D eigenvalue weighted by Gasteiger charge is 2.16. The fraction of sp³-hybridized carbons (Fsp3) is 0.267. The summed E-state index contributed by atoms with van der Waals surface area (Å²) in [7, 11) is 1.70. The first kappa shape index (κ1) is 12.6. The topological polar surface area (TPSA) is 34.2 Å². The van der Waals surface area contributed by atoms with E-state index in [1.165, 1.54) is 5.56 Å². The predicted octanol–water partition coefficient (Wildman–Crippen LogP) is 2.79. The highest BCUT2D eigenvalue weighted by atomic mass is 16.5. The van der Waals surface area contributed by atoms with Gasteiger partial charge in [-0.2, -0.15) is 0 Å². The number of aromatic nitrogens is 1.